The maximum atomic E-state index is 11.6. The van der Waals surface area contributed by atoms with Gasteiger partial charge in [0.05, 0.1) is 0 Å². The summed E-state index contributed by atoms with van der Waals surface area (Å²) in [5.41, 5.74) is 4.68. The van der Waals surface area contributed by atoms with E-state index in [1.54, 1.807) is 0 Å². The topological polar surface area (TPSA) is 29.1 Å². The first-order chi connectivity index (χ1) is 8.84. The zero-order chi connectivity index (χ0) is 12.4. The van der Waals surface area contributed by atoms with Crippen LogP contribution in [0.2, 0.25) is 0 Å². The Kier molecular flexibility index (Phi) is 2.85. The van der Waals surface area contributed by atoms with Crippen molar-refractivity contribution in [1.82, 2.24) is 0 Å². The van der Waals surface area contributed by atoms with Crippen molar-refractivity contribution in [3.05, 3.63) is 54.1 Å². The van der Waals surface area contributed by atoms with E-state index < -0.39 is 0 Å². The molecule has 0 bridgehead atoms. The fraction of sp³-hybridized carbons (Fsp3) is 0.188. The van der Waals surface area contributed by atoms with Gasteiger partial charge in [-0.3, -0.25) is 4.79 Å². The first kappa shape index (κ1) is 11.0. The van der Waals surface area contributed by atoms with Crippen LogP contribution in [0.3, 0.4) is 0 Å². The lowest BCUT2D eigenvalue weighted by Gasteiger charge is -2.12. The first-order valence-corrected chi connectivity index (χ1v) is 6.32. The molecule has 2 aromatic carbocycles. The summed E-state index contributed by atoms with van der Waals surface area (Å²) < 4.78 is 0. The normalized spacial score (nSPS) is 14.6. The highest BCUT2D eigenvalue weighted by molar-refractivity contribution is 5.93. The van der Waals surface area contributed by atoms with Crippen LogP contribution in [0.5, 0.6) is 0 Å². The number of benzene rings is 2. The number of hydrogen-bond donors (Lipinski definition) is 1. The van der Waals surface area contributed by atoms with E-state index >= 15 is 0 Å². The van der Waals surface area contributed by atoms with Crippen LogP contribution in [-0.2, 0) is 11.2 Å². The third kappa shape index (κ3) is 2.02. The van der Waals surface area contributed by atoms with Crippen molar-refractivity contribution >= 4 is 11.6 Å². The molecule has 0 saturated heterocycles. The summed E-state index contributed by atoms with van der Waals surface area (Å²) in [6.07, 6.45) is 2.49. The minimum absolute atomic E-state index is 0.124. The molecule has 1 aliphatic heterocycles. The lowest BCUT2D eigenvalue weighted by molar-refractivity contribution is -0.116. The summed E-state index contributed by atoms with van der Waals surface area (Å²) >= 11 is 0. The molecule has 1 amide bonds. The molecule has 0 atom stereocenters. The SMILES string of the molecule is O=C1CCCc2c(cccc2-c2ccccc2)N1. The van der Waals surface area contributed by atoms with E-state index in [0.717, 1.165) is 18.5 Å². The van der Waals surface area contributed by atoms with Crippen molar-refractivity contribution < 1.29 is 4.79 Å². The summed E-state index contributed by atoms with van der Waals surface area (Å²) in [5, 5.41) is 2.99. The molecule has 1 heterocycles. The van der Waals surface area contributed by atoms with Gasteiger partial charge in [-0.25, -0.2) is 0 Å². The second-order valence-corrected chi connectivity index (χ2v) is 4.60. The molecule has 2 aromatic rings. The van der Waals surface area contributed by atoms with Gasteiger partial charge in [0.2, 0.25) is 5.91 Å². The Morgan fingerprint density at radius 1 is 0.889 bits per heavy atom. The van der Waals surface area contributed by atoms with Crippen LogP contribution in [0.4, 0.5) is 5.69 Å². The van der Waals surface area contributed by atoms with E-state index in [1.165, 1.54) is 16.7 Å². The minimum atomic E-state index is 0.124. The molecule has 1 aliphatic rings. The maximum absolute atomic E-state index is 11.6. The van der Waals surface area contributed by atoms with E-state index in [0.29, 0.717) is 6.42 Å². The zero-order valence-electron chi connectivity index (χ0n) is 10.1. The molecule has 90 valence electrons. The Labute approximate surface area is 107 Å². The molecule has 0 saturated carbocycles. The molecule has 2 heteroatoms. The zero-order valence-corrected chi connectivity index (χ0v) is 10.1. The number of amides is 1. The third-order valence-electron chi connectivity index (χ3n) is 3.37. The van der Waals surface area contributed by atoms with Crippen LogP contribution in [0, 0.1) is 0 Å². The summed E-state index contributed by atoms with van der Waals surface area (Å²) in [4.78, 5) is 11.6. The Morgan fingerprint density at radius 2 is 1.72 bits per heavy atom. The number of anilines is 1. The summed E-state index contributed by atoms with van der Waals surface area (Å²) in [5.74, 6) is 0.124. The fourth-order valence-electron chi connectivity index (χ4n) is 2.50. The van der Waals surface area contributed by atoms with Crippen LogP contribution in [-0.4, -0.2) is 5.91 Å². The summed E-state index contributed by atoms with van der Waals surface area (Å²) in [7, 11) is 0. The van der Waals surface area contributed by atoms with E-state index in [2.05, 4.69) is 23.5 Å². The van der Waals surface area contributed by atoms with Gasteiger partial charge in [-0.2, -0.15) is 0 Å². The first-order valence-electron chi connectivity index (χ1n) is 6.32. The molecule has 0 spiro atoms. The van der Waals surface area contributed by atoms with Crippen molar-refractivity contribution in [1.29, 1.82) is 0 Å². The number of nitrogens with one attached hydrogen (secondary N) is 1. The van der Waals surface area contributed by atoms with Crippen LogP contribution in [0.25, 0.3) is 11.1 Å². The second kappa shape index (κ2) is 4.65. The highest BCUT2D eigenvalue weighted by atomic mass is 16.1. The molecular weight excluding hydrogens is 222 g/mol. The van der Waals surface area contributed by atoms with Crippen LogP contribution >= 0.6 is 0 Å². The van der Waals surface area contributed by atoms with Gasteiger partial charge < -0.3 is 5.32 Å². The largest absolute Gasteiger partial charge is 0.326 e. The Balaban J connectivity index is 2.12. The van der Waals surface area contributed by atoms with Crippen molar-refractivity contribution in [3.63, 3.8) is 0 Å². The van der Waals surface area contributed by atoms with E-state index in [9.17, 15) is 4.79 Å². The van der Waals surface area contributed by atoms with Crippen LogP contribution in [0.15, 0.2) is 48.5 Å². The lowest BCUT2D eigenvalue weighted by Crippen LogP contribution is -2.09. The third-order valence-corrected chi connectivity index (χ3v) is 3.37. The molecule has 18 heavy (non-hydrogen) atoms. The monoisotopic (exact) mass is 237 g/mol. The van der Waals surface area contributed by atoms with Gasteiger partial charge in [-0.15, -0.1) is 0 Å². The highest BCUT2D eigenvalue weighted by Gasteiger charge is 2.15. The minimum Gasteiger partial charge on any atom is -0.326 e. The average molecular weight is 237 g/mol. The molecule has 0 radical (unpaired) electrons. The lowest BCUT2D eigenvalue weighted by atomic mass is 9.95. The Bertz CT molecular complexity index is 575. The molecule has 0 aliphatic carbocycles. The second-order valence-electron chi connectivity index (χ2n) is 4.60. The van der Waals surface area contributed by atoms with Gasteiger partial charge in [0.1, 0.15) is 0 Å². The fourth-order valence-corrected chi connectivity index (χ4v) is 2.50. The molecular formula is C16H15NO. The van der Waals surface area contributed by atoms with Crippen molar-refractivity contribution in [2.75, 3.05) is 5.32 Å². The van der Waals surface area contributed by atoms with Gasteiger partial charge in [0.25, 0.3) is 0 Å². The Hall–Kier alpha value is -2.09. The number of carbonyl (C=O) groups excluding carboxylic acids is 1. The molecule has 0 aromatic heterocycles. The molecule has 0 unspecified atom stereocenters. The number of hydrogen-bond acceptors (Lipinski definition) is 1. The molecule has 1 N–H and O–H groups in total. The van der Waals surface area contributed by atoms with E-state index in [4.69, 9.17) is 0 Å². The number of carbonyl (C=O) groups is 1. The van der Waals surface area contributed by atoms with Gasteiger partial charge in [-0.1, -0.05) is 42.5 Å². The highest BCUT2D eigenvalue weighted by Crippen LogP contribution is 2.32. The maximum Gasteiger partial charge on any atom is 0.224 e. The van der Waals surface area contributed by atoms with Crippen LogP contribution < -0.4 is 5.32 Å². The van der Waals surface area contributed by atoms with Crippen molar-refractivity contribution in [2.45, 2.75) is 19.3 Å². The number of rotatable bonds is 1. The smallest absolute Gasteiger partial charge is 0.224 e. The van der Waals surface area contributed by atoms with Gasteiger partial charge in [0, 0.05) is 12.1 Å². The number of fused-ring (bicyclic) bond motifs is 1. The van der Waals surface area contributed by atoms with Crippen LogP contribution in [0.1, 0.15) is 18.4 Å². The van der Waals surface area contributed by atoms with E-state index in [1.807, 2.05) is 30.3 Å². The molecule has 3 rings (SSSR count). The average Bonchev–Trinajstić information content (AvgIpc) is 2.60. The van der Waals surface area contributed by atoms with Gasteiger partial charge in [-0.05, 0) is 35.6 Å². The van der Waals surface area contributed by atoms with Crippen molar-refractivity contribution in [2.24, 2.45) is 0 Å². The standard InChI is InChI=1S/C16H15NO/c18-16-11-5-9-14-13(8-4-10-15(14)17-16)12-6-2-1-3-7-12/h1-4,6-8,10H,5,9,11H2,(H,17,18). The predicted molar refractivity (Wildman–Crippen MR) is 73.4 cm³/mol. The quantitative estimate of drug-likeness (QED) is 0.806. The molecule has 0 fully saturated rings. The van der Waals surface area contributed by atoms with Crippen molar-refractivity contribution in [3.8, 4) is 11.1 Å². The van der Waals surface area contributed by atoms with Gasteiger partial charge >= 0.3 is 0 Å². The van der Waals surface area contributed by atoms with E-state index in [-0.39, 0.29) is 5.91 Å². The summed E-state index contributed by atoms with van der Waals surface area (Å²) in [6.45, 7) is 0. The predicted octanol–water partition coefficient (Wildman–Crippen LogP) is 3.63. The Morgan fingerprint density at radius 3 is 2.56 bits per heavy atom. The molecule has 2 nitrogen and oxygen atoms in total. The van der Waals surface area contributed by atoms with Gasteiger partial charge in [0.15, 0.2) is 0 Å². The summed E-state index contributed by atoms with van der Waals surface area (Å²) in [6, 6.07) is 16.5.